The molecule has 166 valence electrons. The number of amides is 1. The van der Waals surface area contributed by atoms with E-state index in [4.69, 9.17) is 11.6 Å². The van der Waals surface area contributed by atoms with E-state index in [0.29, 0.717) is 23.8 Å². The normalized spacial score (nSPS) is 14.0. The molecule has 2 heterocycles. The zero-order chi connectivity index (χ0) is 22.9. The van der Waals surface area contributed by atoms with Crippen LogP contribution in [0.3, 0.4) is 0 Å². The monoisotopic (exact) mass is 469 g/mol. The van der Waals surface area contributed by atoms with E-state index in [9.17, 15) is 13.2 Å². The molecule has 0 saturated heterocycles. The molecule has 4 rings (SSSR count). The fourth-order valence-corrected chi connectivity index (χ4v) is 4.86. The number of carbonyl (C=O) groups excluding carboxylic acids is 1. The van der Waals surface area contributed by atoms with Crippen LogP contribution in [0.1, 0.15) is 28.8 Å². The highest BCUT2D eigenvalue weighted by Gasteiger charge is 2.23. The van der Waals surface area contributed by atoms with Crippen molar-refractivity contribution in [2.75, 3.05) is 17.7 Å². The first kappa shape index (κ1) is 22.3. The molecule has 0 bridgehead atoms. The van der Waals surface area contributed by atoms with E-state index in [-0.39, 0.29) is 10.8 Å². The number of benzene rings is 2. The third-order valence-corrected chi connectivity index (χ3v) is 7.05. The summed E-state index contributed by atoms with van der Waals surface area (Å²) < 4.78 is 25.4. The molecule has 1 aliphatic heterocycles. The molecule has 0 fully saturated rings. The molecular formula is C24H24ClN3O3S. The molecule has 1 aliphatic rings. The van der Waals surface area contributed by atoms with Gasteiger partial charge in [-0.15, -0.1) is 0 Å². The van der Waals surface area contributed by atoms with Crippen molar-refractivity contribution < 1.29 is 13.2 Å². The highest BCUT2D eigenvalue weighted by atomic mass is 35.5. The second-order valence-electron chi connectivity index (χ2n) is 7.92. The van der Waals surface area contributed by atoms with Crippen LogP contribution >= 0.6 is 11.6 Å². The summed E-state index contributed by atoms with van der Waals surface area (Å²) in [6.07, 6.45) is 5.90. The minimum absolute atomic E-state index is 0.177. The van der Waals surface area contributed by atoms with Crippen molar-refractivity contribution in [3.8, 4) is 0 Å². The summed E-state index contributed by atoms with van der Waals surface area (Å²) >= 11 is 6.56. The topological polar surface area (TPSA) is 72.3 Å². The Balaban J connectivity index is 1.56. The number of carbonyl (C=O) groups is 1. The van der Waals surface area contributed by atoms with Gasteiger partial charge in [-0.25, -0.2) is 13.1 Å². The second kappa shape index (κ2) is 8.92. The third-order valence-electron chi connectivity index (χ3n) is 5.54. The van der Waals surface area contributed by atoms with Gasteiger partial charge < -0.3 is 4.90 Å². The lowest BCUT2D eigenvalue weighted by Crippen LogP contribution is -2.34. The van der Waals surface area contributed by atoms with Crippen LogP contribution in [-0.4, -0.2) is 36.9 Å². The molecular weight excluding hydrogens is 446 g/mol. The molecule has 32 heavy (non-hydrogen) atoms. The average Bonchev–Trinajstić information content (AvgIpc) is 3.03. The summed E-state index contributed by atoms with van der Waals surface area (Å²) in [6.45, 7) is 2.99. The molecule has 1 aromatic heterocycles. The number of aryl methyl sites for hydroxylation is 2. The van der Waals surface area contributed by atoms with Crippen LogP contribution in [0.4, 0.5) is 5.69 Å². The van der Waals surface area contributed by atoms with Crippen molar-refractivity contribution in [1.82, 2.24) is 9.78 Å². The number of halogens is 1. The first-order chi connectivity index (χ1) is 15.2. The summed E-state index contributed by atoms with van der Waals surface area (Å²) in [5, 5.41) is 5.00. The number of aromatic nitrogens is 2. The van der Waals surface area contributed by atoms with E-state index < -0.39 is 9.84 Å². The van der Waals surface area contributed by atoms with Gasteiger partial charge in [0, 0.05) is 30.1 Å². The lowest BCUT2D eigenvalue weighted by atomic mass is 10.0. The van der Waals surface area contributed by atoms with Gasteiger partial charge in [0.15, 0.2) is 9.84 Å². The molecule has 3 aromatic rings. The van der Waals surface area contributed by atoms with Crippen molar-refractivity contribution >= 4 is 39.1 Å². The van der Waals surface area contributed by atoms with Crippen LogP contribution < -0.4 is 4.90 Å². The Hall–Kier alpha value is -2.90. The first-order valence-corrected chi connectivity index (χ1v) is 12.6. The molecule has 6 nitrogen and oxygen atoms in total. The number of sulfone groups is 1. The van der Waals surface area contributed by atoms with Gasteiger partial charge in [0.1, 0.15) is 5.15 Å². The summed E-state index contributed by atoms with van der Waals surface area (Å²) in [6, 6.07) is 14.8. The lowest BCUT2D eigenvalue weighted by Gasteiger charge is -2.29. The fraction of sp³-hybridized carbons (Fsp3) is 0.250. The van der Waals surface area contributed by atoms with Crippen LogP contribution in [-0.2, 0) is 27.6 Å². The summed E-state index contributed by atoms with van der Waals surface area (Å²) in [5.41, 5.74) is 4.15. The molecule has 0 atom stereocenters. The third kappa shape index (κ3) is 4.64. The Bertz CT molecular complexity index is 1300. The van der Waals surface area contributed by atoms with Gasteiger partial charge in [-0.05, 0) is 55.2 Å². The van der Waals surface area contributed by atoms with Gasteiger partial charge in [-0.2, -0.15) is 5.10 Å². The SMILES string of the molecule is Cc1nn(Cc2ccccc2)c(Cl)c1/C=C/C(=O)N1CCCc2cc(S(C)(=O)=O)ccc21. The Morgan fingerprint density at radius 1 is 1.19 bits per heavy atom. The number of hydrogen-bond donors (Lipinski definition) is 0. The van der Waals surface area contributed by atoms with Gasteiger partial charge in [0.05, 0.1) is 17.1 Å². The molecule has 0 saturated carbocycles. The van der Waals surface area contributed by atoms with Gasteiger partial charge in [-0.1, -0.05) is 41.9 Å². The average molecular weight is 470 g/mol. The minimum atomic E-state index is -3.29. The smallest absolute Gasteiger partial charge is 0.251 e. The van der Waals surface area contributed by atoms with E-state index in [1.165, 1.54) is 12.3 Å². The van der Waals surface area contributed by atoms with Crippen LogP contribution in [0, 0.1) is 6.92 Å². The summed E-state index contributed by atoms with van der Waals surface area (Å²) in [5.74, 6) is -0.177. The van der Waals surface area contributed by atoms with E-state index in [2.05, 4.69) is 5.10 Å². The molecule has 0 N–H and O–H groups in total. The quantitative estimate of drug-likeness (QED) is 0.522. The largest absolute Gasteiger partial charge is 0.309 e. The first-order valence-electron chi connectivity index (χ1n) is 10.3. The number of fused-ring (bicyclic) bond motifs is 1. The van der Waals surface area contributed by atoms with E-state index in [0.717, 1.165) is 35.3 Å². The second-order valence-corrected chi connectivity index (χ2v) is 10.3. The fourth-order valence-electron chi connectivity index (χ4n) is 3.90. The van der Waals surface area contributed by atoms with Crippen molar-refractivity contribution in [3.05, 3.63) is 82.1 Å². The van der Waals surface area contributed by atoms with Crippen LogP contribution in [0.15, 0.2) is 59.5 Å². The summed E-state index contributed by atoms with van der Waals surface area (Å²) in [7, 11) is -3.29. The van der Waals surface area contributed by atoms with Crippen molar-refractivity contribution in [1.29, 1.82) is 0 Å². The maximum absolute atomic E-state index is 13.0. The molecule has 1 amide bonds. The Kier molecular flexibility index (Phi) is 6.22. The molecule has 0 unspecified atom stereocenters. The standard InChI is InChI=1S/C24H24ClN3O3S/c1-17-21(24(25)28(26-17)16-18-7-4-3-5-8-18)11-13-23(29)27-14-6-9-19-15-20(32(2,30)31)10-12-22(19)27/h3-5,7-8,10-13,15H,6,9,14,16H2,1-2H3/b13-11+. The highest BCUT2D eigenvalue weighted by molar-refractivity contribution is 7.90. The predicted molar refractivity (Wildman–Crippen MR) is 127 cm³/mol. The maximum atomic E-state index is 13.0. The van der Waals surface area contributed by atoms with Crippen LogP contribution in [0.25, 0.3) is 6.08 Å². The van der Waals surface area contributed by atoms with Gasteiger partial charge in [-0.3, -0.25) is 4.79 Å². The van der Waals surface area contributed by atoms with Crippen LogP contribution in [0.2, 0.25) is 5.15 Å². The minimum Gasteiger partial charge on any atom is -0.309 e. The number of rotatable bonds is 5. The summed E-state index contributed by atoms with van der Waals surface area (Å²) in [4.78, 5) is 14.9. The number of hydrogen-bond acceptors (Lipinski definition) is 4. The van der Waals surface area contributed by atoms with Gasteiger partial charge in [0.25, 0.3) is 5.91 Å². The van der Waals surface area contributed by atoms with Crippen molar-refractivity contribution in [3.63, 3.8) is 0 Å². The van der Waals surface area contributed by atoms with E-state index in [1.54, 1.807) is 33.9 Å². The van der Waals surface area contributed by atoms with Crippen LogP contribution in [0.5, 0.6) is 0 Å². The number of anilines is 1. The molecule has 0 radical (unpaired) electrons. The zero-order valence-electron chi connectivity index (χ0n) is 18.0. The molecule has 2 aromatic carbocycles. The molecule has 0 aliphatic carbocycles. The Morgan fingerprint density at radius 2 is 1.94 bits per heavy atom. The lowest BCUT2D eigenvalue weighted by molar-refractivity contribution is -0.114. The predicted octanol–water partition coefficient (Wildman–Crippen LogP) is 4.29. The van der Waals surface area contributed by atoms with E-state index in [1.807, 2.05) is 37.3 Å². The van der Waals surface area contributed by atoms with Gasteiger partial charge >= 0.3 is 0 Å². The Morgan fingerprint density at radius 3 is 2.66 bits per heavy atom. The molecule has 8 heteroatoms. The maximum Gasteiger partial charge on any atom is 0.251 e. The highest BCUT2D eigenvalue weighted by Crippen LogP contribution is 2.30. The van der Waals surface area contributed by atoms with E-state index >= 15 is 0 Å². The van der Waals surface area contributed by atoms with Gasteiger partial charge in [0.2, 0.25) is 0 Å². The van der Waals surface area contributed by atoms with Crippen molar-refractivity contribution in [2.45, 2.75) is 31.2 Å². The Labute approximate surface area is 193 Å². The zero-order valence-corrected chi connectivity index (χ0v) is 19.5. The van der Waals surface area contributed by atoms with Crippen molar-refractivity contribution in [2.24, 2.45) is 0 Å². The molecule has 0 spiro atoms. The number of nitrogens with zero attached hydrogens (tertiary/aromatic N) is 3.